The standard InChI is InChI=1S/C21H19N5O2S/c27-20(23-10-16-5-3-7-29-16)19-12-25(11-15-9-22-13-26(15)19)21(28)18-8-14-4-1-2-6-17(14)24-18/h1-9,13,19,24H,10-12H2,(H,23,27). The minimum Gasteiger partial charge on any atom is -0.351 e. The molecule has 5 rings (SSSR count). The van der Waals surface area contributed by atoms with Gasteiger partial charge in [-0.15, -0.1) is 11.3 Å². The van der Waals surface area contributed by atoms with Crippen molar-refractivity contribution in [2.75, 3.05) is 6.54 Å². The van der Waals surface area contributed by atoms with E-state index in [0.717, 1.165) is 21.5 Å². The molecule has 3 aromatic heterocycles. The van der Waals surface area contributed by atoms with Crippen LogP contribution < -0.4 is 5.32 Å². The predicted molar refractivity (Wildman–Crippen MR) is 110 cm³/mol. The summed E-state index contributed by atoms with van der Waals surface area (Å²) < 4.78 is 1.86. The van der Waals surface area contributed by atoms with Gasteiger partial charge in [-0.25, -0.2) is 4.98 Å². The lowest BCUT2D eigenvalue weighted by molar-refractivity contribution is -0.125. The molecule has 29 heavy (non-hydrogen) atoms. The van der Waals surface area contributed by atoms with Crippen LogP contribution in [-0.4, -0.2) is 37.8 Å². The van der Waals surface area contributed by atoms with Crippen molar-refractivity contribution in [3.05, 3.63) is 76.6 Å². The maximum atomic E-state index is 13.1. The molecule has 0 bridgehead atoms. The van der Waals surface area contributed by atoms with Crippen molar-refractivity contribution in [1.82, 2.24) is 24.8 Å². The maximum absolute atomic E-state index is 13.1. The highest BCUT2D eigenvalue weighted by atomic mass is 32.1. The molecule has 1 aliphatic heterocycles. The third-order valence-corrected chi connectivity index (χ3v) is 6.07. The maximum Gasteiger partial charge on any atom is 0.270 e. The summed E-state index contributed by atoms with van der Waals surface area (Å²) in [6.45, 7) is 1.20. The van der Waals surface area contributed by atoms with E-state index in [1.54, 1.807) is 28.8 Å². The number of carbonyl (C=O) groups excluding carboxylic acids is 2. The second kappa shape index (κ2) is 7.21. The number of H-pyrrole nitrogens is 1. The molecule has 8 heteroatoms. The van der Waals surface area contributed by atoms with Crippen molar-refractivity contribution in [1.29, 1.82) is 0 Å². The lowest BCUT2D eigenvalue weighted by Crippen LogP contribution is -2.46. The molecule has 1 aliphatic rings. The smallest absolute Gasteiger partial charge is 0.270 e. The van der Waals surface area contributed by atoms with E-state index in [1.165, 1.54) is 0 Å². The summed E-state index contributed by atoms with van der Waals surface area (Å²) in [4.78, 5) is 36.2. The summed E-state index contributed by atoms with van der Waals surface area (Å²) in [6.07, 6.45) is 3.37. The summed E-state index contributed by atoms with van der Waals surface area (Å²) in [5, 5.41) is 5.96. The van der Waals surface area contributed by atoms with Crippen LogP contribution in [0.25, 0.3) is 10.9 Å². The molecule has 4 aromatic rings. The molecule has 0 radical (unpaired) electrons. The van der Waals surface area contributed by atoms with Crippen LogP contribution in [0.15, 0.2) is 60.4 Å². The SMILES string of the molecule is O=C(NCc1cccs1)C1CN(C(=O)c2cc3ccccc3[nH]2)Cc2cncn21. The van der Waals surface area contributed by atoms with Crippen molar-refractivity contribution in [3.63, 3.8) is 0 Å². The van der Waals surface area contributed by atoms with Crippen LogP contribution in [0, 0.1) is 0 Å². The van der Waals surface area contributed by atoms with Crippen LogP contribution in [0.5, 0.6) is 0 Å². The Morgan fingerprint density at radius 3 is 2.97 bits per heavy atom. The van der Waals surface area contributed by atoms with Gasteiger partial charge in [0.25, 0.3) is 5.91 Å². The Morgan fingerprint density at radius 2 is 2.14 bits per heavy atom. The van der Waals surface area contributed by atoms with Gasteiger partial charge in [0.2, 0.25) is 5.91 Å². The van der Waals surface area contributed by atoms with Crippen molar-refractivity contribution in [3.8, 4) is 0 Å². The van der Waals surface area contributed by atoms with E-state index in [9.17, 15) is 9.59 Å². The molecule has 0 fully saturated rings. The number of amides is 2. The van der Waals surface area contributed by atoms with Gasteiger partial charge in [0.1, 0.15) is 11.7 Å². The number of carbonyl (C=O) groups is 2. The highest BCUT2D eigenvalue weighted by Gasteiger charge is 2.33. The number of hydrogen-bond donors (Lipinski definition) is 2. The average molecular weight is 405 g/mol. The van der Waals surface area contributed by atoms with E-state index in [0.29, 0.717) is 25.3 Å². The lowest BCUT2D eigenvalue weighted by atomic mass is 10.1. The van der Waals surface area contributed by atoms with Crippen LogP contribution >= 0.6 is 11.3 Å². The van der Waals surface area contributed by atoms with Gasteiger partial charge in [0, 0.05) is 22.0 Å². The zero-order chi connectivity index (χ0) is 19.8. The summed E-state index contributed by atoms with van der Waals surface area (Å²) in [5.74, 6) is -0.239. The summed E-state index contributed by atoms with van der Waals surface area (Å²) in [5.41, 5.74) is 2.29. The average Bonchev–Trinajstić information content (AvgIpc) is 3.50. The van der Waals surface area contributed by atoms with E-state index < -0.39 is 6.04 Å². The first kappa shape index (κ1) is 17.7. The molecule has 0 saturated heterocycles. The zero-order valence-electron chi connectivity index (χ0n) is 15.5. The number of nitrogens with one attached hydrogen (secondary N) is 2. The Kier molecular flexibility index (Phi) is 4.40. The van der Waals surface area contributed by atoms with Gasteiger partial charge in [0.15, 0.2) is 0 Å². The fourth-order valence-corrected chi connectivity index (χ4v) is 4.36. The number of imidazole rings is 1. The highest BCUT2D eigenvalue weighted by molar-refractivity contribution is 7.09. The van der Waals surface area contributed by atoms with Crippen molar-refractivity contribution < 1.29 is 9.59 Å². The van der Waals surface area contributed by atoms with Crippen molar-refractivity contribution in [2.45, 2.75) is 19.1 Å². The van der Waals surface area contributed by atoms with E-state index in [1.807, 2.05) is 52.4 Å². The van der Waals surface area contributed by atoms with Crippen LogP contribution in [0.2, 0.25) is 0 Å². The first-order valence-electron chi connectivity index (χ1n) is 9.37. The third-order valence-electron chi connectivity index (χ3n) is 5.20. The van der Waals surface area contributed by atoms with Gasteiger partial charge in [0.05, 0.1) is 31.7 Å². The zero-order valence-corrected chi connectivity index (χ0v) is 16.4. The van der Waals surface area contributed by atoms with Crippen LogP contribution in [0.3, 0.4) is 0 Å². The minimum absolute atomic E-state index is 0.119. The molecule has 0 aliphatic carbocycles. The molecular formula is C21H19N5O2S. The Morgan fingerprint density at radius 1 is 1.24 bits per heavy atom. The molecule has 2 N–H and O–H groups in total. The summed E-state index contributed by atoms with van der Waals surface area (Å²) in [6, 6.07) is 13.1. The quantitative estimate of drug-likeness (QED) is 0.548. The number of thiophene rings is 1. The van der Waals surface area contributed by atoms with Gasteiger partial charge in [-0.05, 0) is 23.6 Å². The molecular weight excluding hydrogens is 386 g/mol. The van der Waals surface area contributed by atoms with Crippen LogP contribution in [0.1, 0.15) is 27.1 Å². The van der Waals surface area contributed by atoms with Gasteiger partial charge >= 0.3 is 0 Å². The molecule has 7 nitrogen and oxygen atoms in total. The van der Waals surface area contributed by atoms with E-state index in [-0.39, 0.29) is 11.8 Å². The third kappa shape index (κ3) is 3.31. The van der Waals surface area contributed by atoms with Crippen LogP contribution in [0.4, 0.5) is 0 Å². The summed E-state index contributed by atoms with van der Waals surface area (Å²) >= 11 is 1.60. The van der Waals surface area contributed by atoms with Gasteiger partial charge in [-0.1, -0.05) is 24.3 Å². The Hall–Kier alpha value is -3.39. The molecule has 4 heterocycles. The fraction of sp³-hybridized carbons (Fsp3) is 0.190. The van der Waals surface area contributed by atoms with Gasteiger partial charge in [-0.2, -0.15) is 0 Å². The molecule has 1 atom stereocenters. The molecule has 0 saturated carbocycles. The monoisotopic (exact) mass is 405 g/mol. The molecule has 1 unspecified atom stereocenters. The number of fused-ring (bicyclic) bond motifs is 2. The van der Waals surface area contributed by atoms with E-state index >= 15 is 0 Å². The Labute approximate surface area is 171 Å². The largest absolute Gasteiger partial charge is 0.351 e. The molecule has 146 valence electrons. The van der Waals surface area contributed by atoms with Crippen molar-refractivity contribution >= 4 is 34.1 Å². The molecule has 0 spiro atoms. The number of benzene rings is 1. The van der Waals surface area contributed by atoms with Crippen LogP contribution in [-0.2, 0) is 17.9 Å². The van der Waals surface area contributed by atoms with E-state index in [2.05, 4.69) is 15.3 Å². The van der Waals surface area contributed by atoms with Gasteiger partial charge in [-0.3, -0.25) is 9.59 Å². The van der Waals surface area contributed by atoms with E-state index in [4.69, 9.17) is 0 Å². The molecule has 1 aromatic carbocycles. The number of aromatic nitrogens is 3. The minimum atomic E-state index is -0.505. The number of para-hydroxylation sites is 1. The lowest BCUT2D eigenvalue weighted by Gasteiger charge is -2.33. The first-order valence-corrected chi connectivity index (χ1v) is 10.2. The van der Waals surface area contributed by atoms with Gasteiger partial charge < -0.3 is 19.8 Å². The number of nitrogens with zero attached hydrogens (tertiary/aromatic N) is 3. The fourth-order valence-electron chi connectivity index (χ4n) is 3.72. The second-order valence-electron chi connectivity index (χ2n) is 7.06. The second-order valence-corrected chi connectivity index (χ2v) is 8.09. The highest BCUT2D eigenvalue weighted by Crippen LogP contribution is 2.24. The number of rotatable bonds is 4. The normalized spacial score (nSPS) is 16.0. The number of hydrogen-bond acceptors (Lipinski definition) is 4. The topological polar surface area (TPSA) is 83.0 Å². The number of aromatic amines is 1. The Balaban J connectivity index is 1.38. The summed E-state index contributed by atoms with van der Waals surface area (Å²) in [7, 11) is 0. The predicted octanol–water partition coefficient (Wildman–Crippen LogP) is 2.94. The molecule has 2 amide bonds. The van der Waals surface area contributed by atoms with Crippen molar-refractivity contribution in [2.24, 2.45) is 0 Å². The Bertz CT molecular complexity index is 1140. The first-order chi connectivity index (χ1) is 14.2.